The van der Waals surface area contributed by atoms with Crippen LogP contribution >= 0.6 is 15.9 Å². The van der Waals surface area contributed by atoms with Crippen LogP contribution in [0.15, 0.2) is 76.5 Å². The predicted molar refractivity (Wildman–Crippen MR) is 84.3 cm³/mol. The van der Waals surface area contributed by atoms with Crippen LogP contribution in [0.1, 0.15) is 11.5 Å². The van der Waals surface area contributed by atoms with Gasteiger partial charge in [-0.2, -0.15) is 0 Å². The molecule has 3 heteroatoms. The Morgan fingerprint density at radius 1 is 1.10 bits per heavy atom. The first-order valence-electron chi connectivity index (χ1n) is 6.47. The molecule has 1 aromatic carbocycles. The van der Waals surface area contributed by atoms with Gasteiger partial charge in [0.05, 0.1) is 11.6 Å². The number of halogens is 1. The second kappa shape index (κ2) is 5.25. The number of amides is 1. The minimum absolute atomic E-state index is 0.0989. The smallest absolute Gasteiger partial charge is 0.238 e. The van der Waals surface area contributed by atoms with E-state index in [1.807, 2.05) is 67.8 Å². The fourth-order valence-corrected chi connectivity index (χ4v) is 3.00. The molecule has 1 aromatic rings. The van der Waals surface area contributed by atoms with Gasteiger partial charge in [0, 0.05) is 17.1 Å². The topological polar surface area (TPSA) is 20.3 Å². The highest BCUT2D eigenvalue weighted by molar-refractivity contribution is 9.12. The molecule has 3 rings (SSSR count). The van der Waals surface area contributed by atoms with Crippen molar-refractivity contribution in [3.05, 3.63) is 82.0 Å². The summed E-state index contributed by atoms with van der Waals surface area (Å²) < 4.78 is 0.998. The number of allylic oxidation sites excluding steroid dienone is 5. The Kier molecular flexibility index (Phi) is 3.45. The maximum atomic E-state index is 12.6. The van der Waals surface area contributed by atoms with Crippen LogP contribution in [0, 0.1) is 0 Å². The molecule has 1 unspecified atom stereocenters. The second-order valence-electron chi connectivity index (χ2n) is 4.82. The van der Waals surface area contributed by atoms with Crippen molar-refractivity contribution in [2.45, 2.75) is 5.92 Å². The van der Waals surface area contributed by atoms with Gasteiger partial charge >= 0.3 is 0 Å². The van der Waals surface area contributed by atoms with E-state index in [0.29, 0.717) is 0 Å². The third kappa shape index (κ3) is 2.18. The van der Waals surface area contributed by atoms with Crippen molar-refractivity contribution in [2.75, 3.05) is 7.05 Å². The van der Waals surface area contributed by atoms with Gasteiger partial charge in [0.1, 0.15) is 0 Å². The zero-order chi connectivity index (χ0) is 14.1. The molecular weight excluding hydrogens is 314 g/mol. The third-order valence-electron chi connectivity index (χ3n) is 3.59. The summed E-state index contributed by atoms with van der Waals surface area (Å²) in [5, 5.41) is 0. The maximum Gasteiger partial charge on any atom is 0.238 e. The molecule has 0 radical (unpaired) electrons. The summed E-state index contributed by atoms with van der Waals surface area (Å²) in [5.74, 6) is -0.130. The van der Waals surface area contributed by atoms with Gasteiger partial charge in [-0.15, -0.1) is 0 Å². The van der Waals surface area contributed by atoms with Crippen LogP contribution < -0.4 is 0 Å². The van der Waals surface area contributed by atoms with E-state index in [4.69, 9.17) is 0 Å². The number of fused-ring (bicyclic) bond motifs is 1. The van der Waals surface area contributed by atoms with Gasteiger partial charge in [-0.1, -0.05) is 64.5 Å². The molecular formula is C17H14BrNO. The van der Waals surface area contributed by atoms with E-state index in [1.165, 1.54) is 0 Å². The van der Waals surface area contributed by atoms with Gasteiger partial charge in [0.25, 0.3) is 0 Å². The molecule has 0 bridgehead atoms. The Morgan fingerprint density at radius 3 is 2.55 bits per heavy atom. The highest BCUT2D eigenvalue weighted by atomic mass is 79.9. The number of carbonyl (C=O) groups is 1. The van der Waals surface area contributed by atoms with Crippen molar-refractivity contribution >= 4 is 21.8 Å². The summed E-state index contributed by atoms with van der Waals surface area (Å²) in [5.41, 5.74) is 3.01. The fourth-order valence-electron chi connectivity index (χ4n) is 2.51. The van der Waals surface area contributed by atoms with Crippen molar-refractivity contribution < 1.29 is 4.79 Å². The van der Waals surface area contributed by atoms with Crippen LogP contribution in [0.5, 0.6) is 0 Å². The summed E-state index contributed by atoms with van der Waals surface area (Å²) in [6.07, 6.45) is 9.92. The van der Waals surface area contributed by atoms with Crippen molar-refractivity contribution in [1.82, 2.24) is 4.90 Å². The van der Waals surface area contributed by atoms with E-state index in [9.17, 15) is 4.79 Å². The van der Waals surface area contributed by atoms with Crippen LogP contribution in [0.2, 0.25) is 0 Å². The molecule has 0 aromatic heterocycles. The number of rotatable bonds is 1. The Bertz CT molecular complexity index is 667. The SMILES string of the molecule is CN1C(=O)C(c2ccccc2)C=C2C(Br)=CC=CC=C21. The van der Waals surface area contributed by atoms with Gasteiger partial charge in [0.2, 0.25) is 5.91 Å². The van der Waals surface area contributed by atoms with Crippen LogP contribution in [0.4, 0.5) is 0 Å². The molecule has 1 atom stereocenters. The molecule has 1 heterocycles. The predicted octanol–water partition coefficient (Wildman–Crippen LogP) is 3.90. The Labute approximate surface area is 126 Å². The lowest BCUT2D eigenvalue weighted by atomic mass is 9.90. The first-order chi connectivity index (χ1) is 9.68. The molecule has 0 saturated carbocycles. The van der Waals surface area contributed by atoms with E-state index < -0.39 is 0 Å². The van der Waals surface area contributed by atoms with E-state index in [-0.39, 0.29) is 11.8 Å². The van der Waals surface area contributed by atoms with Gasteiger partial charge in [0.15, 0.2) is 0 Å². The first kappa shape index (κ1) is 13.1. The molecule has 1 aliphatic heterocycles. The minimum Gasteiger partial charge on any atom is -0.314 e. The highest BCUT2D eigenvalue weighted by Gasteiger charge is 2.31. The molecule has 1 amide bonds. The van der Waals surface area contributed by atoms with Gasteiger partial charge < -0.3 is 4.90 Å². The van der Waals surface area contributed by atoms with Crippen LogP contribution in [0.25, 0.3) is 0 Å². The zero-order valence-electron chi connectivity index (χ0n) is 11.1. The van der Waals surface area contributed by atoms with Gasteiger partial charge in [-0.05, 0) is 17.7 Å². The normalized spacial score (nSPS) is 21.7. The molecule has 0 saturated heterocycles. The summed E-state index contributed by atoms with van der Waals surface area (Å²) in [7, 11) is 1.83. The molecule has 2 nitrogen and oxygen atoms in total. The molecule has 1 aliphatic carbocycles. The molecule has 0 fully saturated rings. The van der Waals surface area contributed by atoms with E-state index >= 15 is 0 Å². The summed E-state index contributed by atoms with van der Waals surface area (Å²) in [6.45, 7) is 0. The van der Waals surface area contributed by atoms with E-state index in [1.54, 1.807) is 4.90 Å². The van der Waals surface area contributed by atoms with Crippen LogP contribution in [0.3, 0.4) is 0 Å². The first-order valence-corrected chi connectivity index (χ1v) is 7.27. The molecule has 2 aliphatic rings. The quantitative estimate of drug-likeness (QED) is 0.766. The second-order valence-corrected chi connectivity index (χ2v) is 5.67. The Balaban J connectivity index is 2.13. The van der Waals surface area contributed by atoms with Crippen LogP contribution in [-0.2, 0) is 4.79 Å². The van der Waals surface area contributed by atoms with Gasteiger partial charge in [-0.3, -0.25) is 4.79 Å². The lowest BCUT2D eigenvalue weighted by Crippen LogP contribution is -2.35. The number of benzene rings is 1. The van der Waals surface area contributed by atoms with Crippen molar-refractivity contribution in [2.24, 2.45) is 0 Å². The number of hydrogen-bond donors (Lipinski definition) is 0. The van der Waals surface area contributed by atoms with Crippen molar-refractivity contribution in [3.63, 3.8) is 0 Å². The number of carbonyl (C=O) groups excluding carboxylic acids is 1. The maximum absolute atomic E-state index is 12.6. The van der Waals surface area contributed by atoms with E-state index in [0.717, 1.165) is 21.3 Å². The highest BCUT2D eigenvalue weighted by Crippen LogP contribution is 2.37. The summed E-state index contributed by atoms with van der Waals surface area (Å²) in [4.78, 5) is 14.3. The number of likely N-dealkylation sites (N-methyl/N-ethyl adjacent to an activating group) is 1. The van der Waals surface area contributed by atoms with Crippen LogP contribution in [-0.4, -0.2) is 17.9 Å². The Hall–Kier alpha value is -1.87. The lowest BCUT2D eigenvalue weighted by Gasteiger charge is -2.31. The minimum atomic E-state index is -0.229. The molecule has 20 heavy (non-hydrogen) atoms. The average Bonchev–Trinajstić information content (AvgIpc) is 2.66. The van der Waals surface area contributed by atoms with Crippen molar-refractivity contribution in [3.8, 4) is 0 Å². The molecule has 0 N–H and O–H groups in total. The number of nitrogens with zero attached hydrogens (tertiary/aromatic N) is 1. The van der Waals surface area contributed by atoms with Crippen molar-refractivity contribution in [1.29, 1.82) is 0 Å². The third-order valence-corrected chi connectivity index (χ3v) is 4.28. The summed E-state index contributed by atoms with van der Waals surface area (Å²) >= 11 is 3.59. The van der Waals surface area contributed by atoms with E-state index in [2.05, 4.69) is 15.9 Å². The monoisotopic (exact) mass is 327 g/mol. The lowest BCUT2D eigenvalue weighted by molar-refractivity contribution is -0.128. The molecule has 100 valence electrons. The number of hydrogen-bond acceptors (Lipinski definition) is 1. The summed E-state index contributed by atoms with van der Waals surface area (Å²) in [6, 6.07) is 9.88. The fraction of sp³-hybridized carbons (Fsp3) is 0.118. The van der Waals surface area contributed by atoms with Gasteiger partial charge in [-0.25, -0.2) is 0 Å². The standard InChI is InChI=1S/C17H14BrNO/c1-19-16-10-6-5-9-15(18)14(16)11-13(17(19)20)12-7-3-2-4-8-12/h2-11,13H,1H3. The molecule has 0 spiro atoms. The Morgan fingerprint density at radius 2 is 1.80 bits per heavy atom. The average molecular weight is 328 g/mol. The largest absolute Gasteiger partial charge is 0.314 e. The zero-order valence-corrected chi connectivity index (χ0v) is 12.7.